The van der Waals surface area contributed by atoms with Gasteiger partial charge in [-0.05, 0) is 0 Å². The topological polar surface area (TPSA) is 98.7 Å². The van der Waals surface area contributed by atoms with E-state index < -0.39 is 18.3 Å². The summed E-state index contributed by atoms with van der Waals surface area (Å²) in [5, 5.41) is 30.3. The lowest BCUT2D eigenvalue weighted by Gasteiger charge is -2.35. The van der Waals surface area contributed by atoms with E-state index in [1.54, 1.807) is 0 Å². The van der Waals surface area contributed by atoms with Crippen molar-refractivity contribution >= 4 is 0 Å². The molecule has 0 aromatic heterocycles. The summed E-state index contributed by atoms with van der Waals surface area (Å²) >= 11 is 0. The van der Waals surface area contributed by atoms with Crippen LogP contribution in [-0.4, -0.2) is 52.8 Å². The van der Waals surface area contributed by atoms with Gasteiger partial charge in [-0.15, -0.1) is 0 Å². The van der Waals surface area contributed by atoms with Crippen LogP contribution in [0.15, 0.2) is 0 Å². The lowest BCUT2D eigenvalue weighted by atomic mass is 9.96. The molecule has 1 aliphatic rings. The maximum Gasteiger partial charge on any atom is 0.109 e. The van der Waals surface area contributed by atoms with Crippen LogP contribution in [0.4, 0.5) is 0 Å². The summed E-state index contributed by atoms with van der Waals surface area (Å²) in [6, 6.07) is -0.312. The van der Waals surface area contributed by atoms with Gasteiger partial charge in [0.25, 0.3) is 0 Å². The van der Waals surface area contributed by atoms with Gasteiger partial charge in [-0.2, -0.15) is 0 Å². The highest BCUT2D eigenvalue weighted by atomic mass is 16.4. The van der Waals surface area contributed by atoms with Gasteiger partial charge in [0, 0.05) is 19.1 Å². The van der Waals surface area contributed by atoms with Crippen molar-refractivity contribution in [1.82, 2.24) is 5.32 Å². The predicted molar refractivity (Wildman–Crippen MR) is 38.9 cm³/mol. The number of aliphatic hydroxyl groups is 3. The first-order valence-electron chi connectivity index (χ1n) is 3.64. The summed E-state index contributed by atoms with van der Waals surface area (Å²) in [6.45, 7) is 0.533. The van der Waals surface area contributed by atoms with Crippen LogP contribution in [0.25, 0.3) is 0 Å². The van der Waals surface area contributed by atoms with Crippen LogP contribution in [0.5, 0.6) is 0 Å². The van der Waals surface area contributed by atoms with E-state index in [9.17, 15) is 5.11 Å². The van der Waals surface area contributed by atoms with Gasteiger partial charge < -0.3 is 26.4 Å². The molecule has 0 aromatic rings. The number of aliphatic hydroxyl groups excluding tert-OH is 3. The summed E-state index contributed by atoms with van der Waals surface area (Å²) in [5.74, 6) is 0. The Balaban J connectivity index is 2.52. The quantitative estimate of drug-likeness (QED) is 0.283. The second-order valence-electron chi connectivity index (χ2n) is 2.80. The normalized spacial score (nSPS) is 45.8. The van der Waals surface area contributed by atoms with Gasteiger partial charge >= 0.3 is 0 Å². The van der Waals surface area contributed by atoms with E-state index >= 15 is 0 Å². The highest BCUT2D eigenvalue weighted by Crippen LogP contribution is 2.09. The zero-order valence-electron chi connectivity index (χ0n) is 6.14. The molecule has 0 saturated carbocycles. The van der Waals surface area contributed by atoms with E-state index in [-0.39, 0.29) is 19.1 Å². The molecule has 4 atom stereocenters. The number of nitrogens with one attached hydrogen (secondary N) is 1. The predicted octanol–water partition coefficient (Wildman–Crippen LogP) is -3.00. The first-order valence-corrected chi connectivity index (χ1v) is 3.64. The number of nitrogens with two attached hydrogens (primary N) is 1. The van der Waals surface area contributed by atoms with Gasteiger partial charge in [0.2, 0.25) is 0 Å². The van der Waals surface area contributed by atoms with Gasteiger partial charge in [0.1, 0.15) is 6.10 Å². The molecule has 0 amide bonds. The molecule has 0 unspecified atom stereocenters. The summed E-state index contributed by atoms with van der Waals surface area (Å²) in [6.07, 6.45) is -2.94. The Hall–Kier alpha value is -0.200. The minimum absolute atomic E-state index is 0.255. The summed E-state index contributed by atoms with van der Waals surface area (Å²) in [5.41, 5.74) is 5.29. The van der Waals surface area contributed by atoms with E-state index in [0.717, 1.165) is 0 Å². The molecule has 5 heteroatoms. The highest BCUT2D eigenvalue weighted by molar-refractivity contribution is 4.92. The minimum atomic E-state index is -1.08. The third kappa shape index (κ3) is 1.69. The van der Waals surface area contributed by atoms with Crippen LogP contribution in [-0.2, 0) is 0 Å². The largest absolute Gasteiger partial charge is 0.389 e. The molecule has 0 spiro atoms. The Morgan fingerprint density at radius 1 is 1.27 bits per heavy atom. The van der Waals surface area contributed by atoms with Crippen molar-refractivity contribution in [2.45, 2.75) is 24.4 Å². The maximum atomic E-state index is 9.26. The van der Waals surface area contributed by atoms with Crippen LogP contribution in [0.3, 0.4) is 0 Å². The van der Waals surface area contributed by atoms with Crippen molar-refractivity contribution in [3.8, 4) is 0 Å². The molecule has 1 saturated heterocycles. The SMILES string of the molecule is NC[C@H]1NC[C@H](O)[C@@H](O)[C@H]1O. The van der Waals surface area contributed by atoms with Crippen molar-refractivity contribution in [1.29, 1.82) is 0 Å². The van der Waals surface area contributed by atoms with Crippen LogP contribution in [0.2, 0.25) is 0 Å². The molecular formula is C6H14N2O3. The molecule has 66 valence electrons. The van der Waals surface area contributed by atoms with Gasteiger partial charge in [-0.1, -0.05) is 0 Å². The molecule has 5 nitrogen and oxygen atoms in total. The van der Waals surface area contributed by atoms with Crippen molar-refractivity contribution in [3.05, 3.63) is 0 Å². The van der Waals surface area contributed by atoms with E-state index in [4.69, 9.17) is 15.9 Å². The molecule has 0 bridgehead atoms. The van der Waals surface area contributed by atoms with Crippen LogP contribution >= 0.6 is 0 Å². The Kier molecular flexibility index (Phi) is 2.80. The number of hydrogen-bond donors (Lipinski definition) is 5. The molecule has 0 aromatic carbocycles. The Morgan fingerprint density at radius 3 is 2.45 bits per heavy atom. The average molecular weight is 162 g/mol. The van der Waals surface area contributed by atoms with Crippen molar-refractivity contribution in [2.24, 2.45) is 5.73 Å². The number of hydrogen-bond acceptors (Lipinski definition) is 5. The van der Waals surface area contributed by atoms with Crippen molar-refractivity contribution < 1.29 is 15.3 Å². The highest BCUT2D eigenvalue weighted by Gasteiger charge is 2.35. The summed E-state index contributed by atoms with van der Waals surface area (Å²) in [4.78, 5) is 0. The maximum absolute atomic E-state index is 9.26. The lowest BCUT2D eigenvalue weighted by molar-refractivity contribution is -0.0923. The Bertz CT molecular complexity index is 131. The Labute approximate surface area is 64.8 Å². The number of β-amino-alcohol motifs (C(OH)–C–C–N with tert-alkyl or cyclic N) is 1. The van der Waals surface area contributed by atoms with E-state index in [2.05, 4.69) is 5.32 Å². The monoisotopic (exact) mass is 162 g/mol. The molecule has 1 rings (SSSR count). The third-order valence-electron chi connectivity index (χ3n) is 2.00. The van der Waals surface area contributed by atoms with Gasteiger partial charge in [-0.25, -0.2) is 0 Å². The number of rotatable bonds is 1. The van der Waals surface area contributed by atoms with Crippen molar-refractivity contribution in [3.63, 3.8) is 0 Å². The smallest absolute Gasteiger partial charge is 0.109 e. The minimum Gasteiger partial charge on any atom is -0.389 e. The first kappa shape index (κ1) is 8.89. The van der Waals surface area contributed by atoms with Crippen LogP contribution in [0.1, 0.15) is 0 Å². The zero-order valence-corrected chi connectivity index (χ0v) is 6.14. The molecule has 0 aliphatic carbocycles. The number of piperidine rings is 1. The van der Waals surface area contributed by atoms with E-state index in [1.807, 2.05) is 0 Å². The van der Waals surface area contributed by atoms with Crippen LogP contribution in [0, 0.1) is 0 Å². The molecule has 0 radical (unpaired) electrons. The van der Waals surface area contributed by atoms with Gasteiger partial charge in [0.05, 0.1) is 12.2 Å². The fraction of sp³-hybridized carbons (Fsp3) is 1.00. The molecule has 1 fully saturated rings. The zero-order chi connectivity index (χ0) is 8.43. The molecule has 1 heterocycles. The third-order valence-corrected chi connectivity index (χ3v) is 2.00. The second-order valence-corrected chi connectivity index (χ2v) is 2.80. The molecule has 1 aliphatic heterocycles. The fourth-order valence-electron chi connectivity index (χ4n) is 1.20. The van der Waals surface area contributed by atoms with Crippen molar-refractivity contribution in [2.75, 3.05) is 13.1 Å². The van der Waals surface area contributed by atoms with Gasteiger partial charge in [-0.3, -0.25) is 0 Å². The second kappa shape index (κ2) is 3.46. The molecular weight excluding hydrogens is 148 g/mol. The first-order chi connectivity index (χ1) is 5.16. The van der Waals surface area contributed by atoms with Crippen LogP contribution < -0.4 is 11.1 Å². The van der Waals surface area contributed by atoms with Gasteiger partial charge in [0.15, 0.2) is 0 Å². The summed E-state index contributed by atoms with van der Waals surface area (Å²) < 4.78 is 0. The average Bonchev–Trinajstić information content (AvgIpc) is 2.01. The summed E-state index contributed by atoms with van der Waals surface area (Å²) in [7, 11) is 0. The lowest BCUT2D eigenvalue weighted by Crippen LogP contribution is -2.61. The fourth-order valence-corrected chi connectivity index (χ4v) is 1.20. The standard InChI is InChI=1S/C6H14N2O3/c7-1-3-5(10)6(11)4(9)2-8-3/h3-6,8-11H,1-2,7H2/t3-,4+,5+,6-/m1/s1. The molecule has 6 N–H and O–H groups in total. The van der Waals surface area contributed by atoms with E-state index in [0.29, 0.717) is 0 Å². The Morgan fingerprint density at radius 2 is 1.91 bits per heavy atom. The molecule has 11 heavy (non-hydrogen) atoms. The van der Waals surface area contributed by atoms with E-state index in [1.165, 1.54) is 0 Å².